The predicted molar refractivity (Wildman–Crippen MR) is 174 cm³/mol. The third kappa shape index (κ3) is 5.81. The highest BCUT2D eigenvalue weighted by Crippen LogP contribution is 2.44. The van der Waals surface area contributed by atoms with E-state index in [0.717, 1.165) is 0 Å². The zero-order valence-corrected chi connectivity index (χ0v) is 25.8. The van der Waals surface area contributed by atoms with Gasteiger partial charge in [0.25, 0.3) is 0 Å². The maximum absolute atomic E-state index is 11.6. The molecule has 0 aromatic heterocycles. The number of carboxylic acids is 4. The van der Waals surface area contributed by atoms with Crippen molar-refractivity contribution >= 4 is 23.9 Å². The Morgan fingerprint density at radius 1 is 0.354 bits per heavy atom. The quantitative estimate of drug-likeness (QED) is 0.112. The van der Waals surface area contributed by atoms with Crippen LogP contribution in [0.4, 0.5) is 0 Å². The molecule has 242 valence electrons. The molecule has 5 rings (SSSR count). The van der Waals surface area contributed by atoms with Gasteiger partial charge in [-0.3, -0.25) is 0 Å². The van der Waals surface area contributed by atoms with Crippen LogP contribution < -0.4 is 0 Å². The lowest BCUT2D eigenvalue weighted by Crippen LogP contribution is -2.33. The van der Waals surface area contributed by atoms with E-state index in [9.17, 15) is 39.6 Å². The summed E-state index contributed by atoms with van der Waals surface area (Å²) in [7, 11) is 3.00. The van der Waals surface area contributed by atoms with Crippen LogP contribution in [0.5, 0.6) is 0 Å². The van der Waals surface area contributed by atoms with Crippen LogP contribution in [0, 0.1) is 0 Å². The fourth-order valence-electron chi connectivity index (χ4n) is 6.04. The molecule has 0 atom stereocenters. The minimum atomic E-state index is -1.31. The summed E-state index contributed by atoms with van der Waals surface area (Å²) in [5, 5.41) is 38.0. The zero-order valence-electron chi connectivity index (χ0n) is 25.8. The SMILES string of the molecule is COC(c1ccc(C(=O)O)cc1)(c1ccc(C(=O)O)cc1)c1ccc(C(OC)(c2ccc(C(=O)O)cc2)c2ccc(C(=O)O)cc2)cc1. The van der Waals surface area contributed by atoms with Gasteiger partial charge >= 0.3 is 23.9 Å². The first-order valence-electron chi connectivity index (χ1n) is 14.5. The van der Waals surface area contributed by atoms with E-state index < -0.39 is 35.1 Å². The van der Waals surface area contributed by atoms with Crippen molar-refractivity contribution in [1.29, 1.82) is 0 Å². The van der Waals surface area contributed by atoms with Crippen molar-refractivity contribution in [2.24, 2.45) is 0 Å². The molecule has 0 aliphatic rings. The average molecular weight is 647 g/mol. The van der Waals surface area contributed by atoms with Gasteiger partial charge in [0, 0.05) is 14.2 Å². The largest absolute Gasteiger partial charge is 0.478 e. The average Bonchev–Trinajstić information content (AvgIpc) is 3.11. The Morgan fingerprint density at radius 3 is 0.625 bits per heavy atom. The molecule has 0 bridgehead atoms. The summed E-state index contributed by atoms with van der Waals surface area (Å²) in [6, 6.07) is 32.0. The molecule has 10 nitrogen and oxygen atoms in total. The zero-order chi connectivity index (χ0) is 34.6. The van der Waals surface area contributed by atoms with Crippen molar-refractivity contribution in [1.82, 2.24) is 0 Å². The van der Waals surface area contributed by atoms with E-state index in [-0.39, 0.29) is 22.3 Å². The lowest BCUT2D eigenvalue weighted by molar-refractivity contribution is 0.0553. The Bertz CT molecular complexity index is 1700. The summed E-state index contributed by atoms with van der Waals surface area (Å²) < 4.78 is 12.5. The molecule has 48 heavy (non-hydrogen) atoms. The van der Waals surface area contributed by atoms with E-state index >= 15 is 0 Å². The molecular weight excluding hydrogens is 616 g/mol. The van der Waals surface area contributed by atoms with E-state index in [1.807, 2.05) is 0 Å². The second-order valence-corrected chi connectivity index (χ2v) is 10.9. The third-order valence-electron chi connectivity index (χ3n) is 8.46. The van der Waals surface area contributed by atoms with Crippen LogP contribution in [0.1, 0.15) is 74.8 Å². The second kappa shape index (κ2) is 13.3. The number of hydrogen-bond donors (Lipinski definition) is 4. The predicted octanol–water partition coefficient (Wildman–Crippen LogP) is 6.36. The molecule has 0 saturated heterocycles. The smallest absolute Gasteiger partial charge is 0.335 e. The summed E-state index contributed by atoms with van der Waals surface area (Å²) >= 11 is 0. The monoisotopic (exact) mass is 646 g/mol. The normalized spacial score (nSPS) is 11.5. The number of carbonyl (C=O) groups is 4. The molecule has 0 unspecified atom stereocenters. The minimum absolute atomic E-state index is 0.0769. The summed E-state index contributed by atoms with van der Waals surface area (Å²) in [5.41, 5.74) is 1.25. The molecule has 0 aliphatic carbocycles. The number of hydrogen-bond acceptors (Lipinski definition) is 6. The number of benzene rings is 5. The van der Waals surface area contributed by atoms with Crippen molar-refractivity contribution in [2.45, 2.75) is 11.2 Å². The van der Waals surface area contributed by atoms with Gasteiger partial charge in [0.15, 0.2) is 0 Å². The Balaban J connectivity index is 1.72. The molecule has 0 radical (unpaired) electrons. The molecular formula is C38H30O10. The lowest BCUT2D eigenvalue weighted by atomic mass is 9.76. The van der Waals surface area contributed by atoms with Crippen LogP contribution in [0.15, 0.2) is 121 Å². The highest BCUT2D eigenvalue weighted by Gasteiger charge is 2.40. The van der Waals surface area contributed by atoms with Crippen LogP contribution in [0.3, 0.4) is 0 Å². The Kier molecular flexibility index (Phi) is 9.24. The van der Waals surface area contributed by atoms with Gasteiger partial charge in [0.2, 0.25) is 0 Å². The van der Waals surface area contributed by atoms with Crippen LogP contribution in [-0.4, -0.2) is 58.5 Å². The summed E-state index contributed by atoms with van der Waals surface area (Å²) in [4.78, 5) is 46.5. The van der Waals surface area contributed by atoms with Crippen LogP contribution in [-0.2, 0) is 20.7 Å². The van der Waals surface area contributed by atoms with Gasteiger partial charge in [-0.1, -0.05) is 72.8 Å². The van der Waals surface area contributed by atoms with E-state index in [4.69, 9.17) is 9.47 Å². The lowest BCUT2D eigenvalue weighted by Gasteiger charge is -2.37. The number of ether oxygens (including phenoxy) is 2. The first-order chi connectivity index (χ1) is 23.0. The summed E-state index contributed by atoms with van der Waals surface area (Å²) in [5.74, 6) is -4.38. The van der Waals surface area contributed by atoms with Crippen LogP contribution in [0.25, 0.3) is 0 Å². The molecule has 0 heterocycles. The Morgan fingerprint density at radius 2 is 0.500 bits per heavy atom. The molecule has 4 N–H and O–H groups in total. The number of aromatic carboxylic acids is 4. The fraction of sp³-hybridized carbons (Fsp3) is 0.105. The highest BCUT2D eigenvalue weighted by atomic mass is 16.5. The minimum Gasteiger partial charge on any atom is -0.478 e. The Labute approximate surface area is 275 Å². The topological polar surface area (TPSA) is 168 Å². The molecule has 10 heteroatoms. The molecule has 5 aromatic carbocycles. The molecule has 5 aromatic rings. The van der Waals surface area contributed by atoms with Crippen LogP contribution >= 0.6 is 0 Å². The van der Waals surface area contributed by atoms with Crippen LogP contribution in [0.2, 0.25) is 0 Å². The maximum Gasteiger partial charge on any atom is 0.335 e. The second-order valence-electron chi connectivity index (χ2n) is 10.9. The number of methoxy groups -OCH3 is 2. The summed E-state index contributed by atoms with van der Waals surface area (Å²) in [6.07, 6.45) is 0. The first kappa shape index (κ1) is 33.3. The first-order valence-corrected chi connectivity index (χ1v) is 14.5. The summed E-state index contributed by atoms with van der Waals surface area (Å²) in [6.45, 7) is 0. The standard InChI is InChI=1S/C38H30O10/c1-47-37(27-11-3-23(4-12-27)33(39)40,28-13-5-24(6-14-28)34(41)42)31-19-21-32(22-20-31)38(48-2,29-15-7-25(8-16-29)35(43)44)30-17-9-26(10-18-30)36(45)46/h3-22H,1-2H3,(H,39,40)(H,41,42)(H,43,44)(H,45,46). The molecule has 0 saturated carbocycles. The van der Waals surface area contributed by atoms with Gasteiger partial charge in [-0.2, -0.15) is 0 Å². The van der Waals surface area contributed by atoms with Crippen molar-refractivity contribution in [3.63, 3.8) is 0 Å². The van der Waals surface area contributed by atoms with Crippen molar-refractivity contribution in [3.8, 4) is 0 Å². The highest BCUT2D eigenvalue weighted by molar-refractivity contribution is 5.89. The number of rotatable bonds is 12. The maximum atomic E-state index is 11.6. The van der Waals surface area contributed by atoms with Gasteiger partial charge in [0.05, 0.1) is 22.3 Å². The molecule has 0 amide bonds. The van der Waals surface area contributed by atoms with Gasteiger partial charge in [-0.05, 0) is 81.9 Å². The van der Waals surface area contributed by atoms with E-state index in [1.54, 1.807) is 72.8 Å². The number of carboxylic acid groups (broad SMARTS) is 4. The van der Waals surface area contributed by atoms with E-state index in [1.165, 1.54) is 62.8 Å². The van der Waals surface area contributed by atoms with Crippen molar-refractivity contribution < 1.29 is 49.1 Å². The Hall–Kier alpha value is -6.10. The third-order valence-corrected chi connectivity index (χ3v) is 8.46. The van der Waals surface area contributed by atoms with E-state index in [0.29, 0.717) is 33.4 Å². The molecule has 0 spiro atoms. The molecule has 0 fully saturated rings. The van der Waals surface area contributed by atoms with Crippen molar-refractivity contribution in [2.75, 3.05) is 14.2 Å². The van der Waals surface area contributed by atoms with E-state index in [2.05, 4.69) is 0 Å². The molecule has 0 aliphatic heterocycles. The van der Waals surface area contributed by atoms with Gasteiger partial charge in [-0.25, -0.2) is 19.2 Å². The van der Waals surface area contributed by atoms with Crippen molar-refractivity contribution in [3.05, 3.63) is 177 Å². The van der Waals surface area contributed by atoms with Gasteiger partial charge in [0.1, 0.15) is 11.2 Å². The van der Waals surface area contributed by atoms with Gasteiger partial charge < -0.3 is 29.9 Å². The fourth-order valence-corrected chi connectivity index (χ4v) is 6.04. The van der Waals surface area contributed by atoms with Gasteiger partial charge in [-0.15, -0.1) is 0 Å².